The van der Waals surface area contributed by atoms with E-state index < -0.39 is 17.7 Å². The predicted octanol–water partition coefficient (Wildman–Crippen LogP) is 4.14. The zero-order valence-electron chi connectivity index (χ0n) is 18.2. The maximum atomic E-state index is 13.1. The van der Waals surface area contributed by atoms with E-state index in [9.17, 15) is 14.7 Å². The van der Waals surface area contributed by atoms with Crippen LogP contribution >= 0.6 is 15.9 Å². The average Bonchev–Trinajstić information content (AvgIpc) is 2.98. The van der Waals surface area contributed by atoms with Crippen molar-refractivity contribution in [2.24, 2.45) is 0 Å². The first-order valence-electron chi connectivity index (χ1n) is 10.1. The molecule has 1 aliphatic rings. The highest BCUT2D eigenvalue weighted by molar-refractivity contribution is 9.10. The quantitative estimate of drug-likeness (QED) is 0.361. The van der Waals surface area contributed by atoms with Crippen molar-refractivity contribution in [1.29, 1.82) is 0 Å². The molecule has 0 unspecified atom stereocenters. The SMILES string of the molecule is COc1ccc(/C(O)=C2\C(=O)C(=O)N(CCCN(C)C)[C@H]2c2cccc(Br)c2)c(C)c1. The number of methoxy groups -OCH3 is 1. The van der Waals surface area contributed by atoms with Crippen LogP contribution in [0.4, 0.5) is 0 Å². The van der Waals surface area contributed by atoms with E-state index in [2.05, 4.69) is 15.9 Å². The molecule has 0 spiro atoms. The van der Waals surface area contributed by atoms with Crippen molar-refractivity contribution in [3.63, 3.8) is 0 Å². The maximum Gasteiger partial charge on any atom is 0.295 e. The fourth-order valence-corrected chi connectivity index (χ4v) is 4.28. The molecule has 0 bridgehead atoms. The number of benzene rings is 2. The minimum atomic E-state index is -0.664. The lowest BCUT2D eigenvalue weighted by Gasteiger charge is -2.26. The number of carbonyl (C=O) groups excluding carboxylic acids is 2. The number of amides is 1. The Hall–Kier alpha value is -2.64. The van der Waals surface area contributed by atoms with Gasteiger partial charge in [0.05, 0.1) is 18.7 Å². The number of nitrogens with zero attached hydrogens (tertiary/aromatic N) is 2. The van der Waals surface area contributed by atoms with Gasteiger partial charge in [0, 0.05) is 16.6 Å². The van der Waals surface area contributed by atoms with Crippen molar-refractivity contribution in [3.05, 3.63) is 69.2 Å². The second-order valence-corrected chi connectivity index (χ2v) is 8.80. The molecule has 1 amide bonds. The van der Waals surface area contributed by atoms with E-state index in [1.165, 1.54) is 0 Å². The molecule has 1 heterocycles. The van der Waals surface area contributed by atoms with Crippen LogP contribution in [0.2, 0.25) is 0 Å². The number of aliphatic hydroxyl groups is 1. The molecular formula is C24H27BrN2O4. The highest BCUT2D eigenvalue weighted by Crippen LogP contribution is 2.40. The largest absolute Gasteiger partial charge is 0.507 e. The van der Waals surface area contributed by atoms with Crippen molar-refractivity contribution in [2.75, 3.05) is 34.3 Å². The van der Waals surface area contributed by atoms with E-state index in [1.807, 2.05) is 50.2 Å². The van der Waals surface area contributed by atoms with Gasteiger partial charge in [-0.25, -0.2) is 0 Å². The summed E-state index contributed by atoms with van der Waals surface area (Å²) < 4.78 is 6.08. The Labute approximate surface area is 191 Å². The van der Waals surface area contributed by atoms with Crippen molar-refractivity contribution in [2.45, 2.75) is 19.4 Å². The van der Waals surface area contributed by atoms with Crippen LogP contribution in [-0.2, 0) is 9.59 Å². The minimum absolute atomic E-state index is 0.112. The van der Waals surface area contributed by atoms with Gasteiger partial charge in [0.25, 0.3) is 11.7 Å². The summed E-state index contributed by atoms with van der Waals surface area (Å²) in [6.07, 6.45) is 0.714. The number of aliphatic hydroxyl groups excluding tert-OH is 1. The molecule has 7 heteroatoms. The summed E-state index contributed by atoms with van der Waals surface area (Å²) in [5.74, 6) is -0.765. The van der Waals surface area contributed by atoms with Gasteiger partial charge in [-0.05, 0) is 75.4 Å². The zero-order valence-corrected chi connectivity index (χ0v) is 19.8. The van der Waals surface area contributed by atoms with Gasteiger partial charge in [-0.15, -0.1) is 0 Å². The second kappa shape index (κ2) is 9.66. The number of Topliss-reactive ketones (excluding diaryl/α,β-unsaturated/α-hetero) is 1. The monoisotopic (exact) mass is 486 g/mol. The summed E-state index contributed by atoms with van der Waals surface area (Å²) in [6, 6.07) is 12.1. The number of hydrogen-bond acceptors (Lipinski definition) is 5. The molecule has 31 heavy (non-hydrogen) atoms. The Bertz CT molecular complexity index is 1030. The Kier molecular flexibility index (Phi) is 7.18. The third kappa shape index (κ3) is 4.83. The smallest absolute Gasteiger partial charge is 0.295 e. The third-order valence-electron chi connectivity index (χ3n) is 5.40. The predicted molar refractivity (Wildman–Crippen MR) is 124 cm³/mol. The van der Waals surface area contributed by atoms with Crippen LogP contribution < -0.4 is 4.74 Å². The Balaban J connectivity index is 2.12. The van der Waals surface area contributed by atoms with Crippen LogP contribution in [0.15, 0.2) is 52.5 Å². The lowest BCUT2D eigenvalue weighted by atomic mass is 9.94. The number of rotatable bonds is 7. The highest BCUT2D eigenvalue weighted by Gasteiger charge is 2.45. The van der Waals surface area contributed by atoms with E-state index in [0.29, 0.717) is 24.3 Å². The van der Waals surface area contributed by atoms with Gasteiger partial charge in [0.15, 0.2) is 0 Å². The fourth-order valence-electron chi connectivity index (χ4n) is 3.87. The topological polar surface area (TPSA) is 70.1 Å². The normalized spacial score (nSPS) is 18.1. The molecule has 2 aromatic carbocycles. The van der Waals surface area contributed by atoms with Crippen LogP contribution in [0.3, 0.4) is 0 Å². The molecule has 164 valence electrons. The summed E-state index contributed by atoms with van der Waals surface area (Å²) in [4.78, 5) is 29.6. The van der Waals surface area contributed by atoms with E-state index in [4.69, 9.17) is 4.74 Å². The summed E-state index contributed by atoms with van der Waals surface area (Å²) in [7, 11) is 5.50. The Morgan fingerprint density at radius 3 is 2.55 bits per heavy atom. The first kappa shape index (κ1) is 23.0. The maximum absolute atomic E-state index is 13.1. The first-order valence-corrected chi connectivity index (χ1v) is 10.9. The van der Waals surface area contributed by atoms with Crippen LogP contribution in [0.25, 0.3) is 5.76 Å². The van der Waals surface area contributed by atoms with Gasteiger partial charge >= 0.3 is 0 Å². The molecule has 1 saturated heterocycles. The van der Waals surface area contributed by atoms with Crippen LogP contribution in [0, 0.1) is 6.92 Å². The van der Waals surface area contributed by atoms with Gasteiger partial charge in [0.1, 0.15) is 11.5 Å². The van der Waals surface area contributed by atoms with Gasteiger partial charge in [-0.1, -0.05) is 28.1 Å². The number of hydrogen-bond donors (Lipinski definition) is 1. The van der Waals surface area contributed by atoms with E-state index in [1.54, 1.807) is 30.2 Å². The number of ether oxygens (including phenoxy) is 1. The molecule has 2 aromatic rings. The average molecular weight is 487 g/mol. The molecule has 0 aliphatic carbocycles. The van der Waals surface area contributed by atoms with Crippen LogP contribution in [0.1, 0.15) is 29.2 Å². The summed E-state index contributed by atoms with van der Waals surface area (Å²) in [5, 5.41) is 11.2. The van der Waals surface area contributed by atoms with Gasteiger partial charge < -0.3 is 19.6 Å². The van der Waals surface area contributed by atoms with Crippen molar-refractivity contribution >= 4 is 33.4 Å². The van der Waals surface area contributed by atoms with Crippen molar-refractivity contribution in [1.82, 2.24) is 9.80 Å². The molecule has 1 fully saturated rings. The number of likely N-dealkylation sites (tertiary alicyclic amines) is 1. The third-order valence-corrected chi connectivity index (χ3v) is 5.89. The molecule has 0 aromatic heterocycles. The molecule has 1 aliphatic heterocycles. The zero-order chi connectivity index (χ0) is 22.7. The molecule has 0 saturated carbocycles. The molecular weight excluding hydrogens is 460 g/mol. The van der Waals surface area contributed by atoms with E-state index in [-0.39, 0.29) is 11.3 Å². The minimum Gasteiger partial charge on any atom is -0.507 e. The standard InChI is InChI=1S/C24H27BrN2O4/c1-15-13-18(31-4)9-10-19(15)22(28)20-21(16-7-5-8-17(25)14-16)27(24(30)23(20)29)12-6-11-26(2)3/h5,7-10,13-14,21,28H,6,11-12H2,1-4H3/b22-20+/t21-/m0/s1. The highest BCUT2D eigenvalue weighted by atomic mass is 79.9. The van der Waals surface area contributed by atoms with Gasteiger partial charge in [-0.3, -0.25) is 9.59 Å². The number of ketones is 1. The van der Waals surface area contributed by atoms with Crippen molar-refractivity contribution < 1.29 is 19.4 Å². The lowest BCUT2D eigenvalue weighted by molar-refractivity contribution is -0.139. The second-order valence-electron chi connectivity index (χ2n) is 7.89. The Morgan fingerprint density at radius 1 is 1.19 bits per heavy atom. The van der Waals surface area contributed by atoms with Crippen molar-refractivity contribution in [3.8, 4) is 5.75 Å². The lowest BCUT2D eigenvalue weighted by Crippen LogP contribution is -2.32. The molecule has 6 nitrogen and oxygen atoms in total. The summed E-state index contributed by atoms with van der Waals surface area (Å²) in [5.41, 5.74) is 2.14. The van der Waals surface area contributed by atoms with Gasteiger partial charge in [0.2, 0.25) is 0 Å². The first-order chi connectivity index (χ1) is 14.7. The Morgan fingerprint density at radius 2 is 1.94 bits per heavy atom. The number of aryl methyl sites for hydroxylation is 1. The molecule has 3 rings (SSSR count). The van der Waals surface area contributed by atoms with E-state index >= 15 is 0 Å². The fraction of sp³-hybridized carbons (Fsp3) is 0.333. The van der Waals surface area contributed by atoms with Crippen LogP contribution in [-0.4, -0.2) is 60.9 Å². The van der Waals surface area contributed by atoms with Crippen LogP contribution in [0.5, 0.6) is 5.75 Å². The van der Waals surface area contributed by atoms with Gasteiger partial charge in [-0.2, -0.15) is 0 Å². The molecule has 0 radical (unpaired) electrons. The number of halogens is 1. The molecule has 1 N–H and O–H groups in total. The summed E-state index contributed by atoms with van der Waals surface area (Å²) >= 11 is 3.47. The number of carbonyl (C=O) groups is 2. The van der Waals surface area contributed by atoms with E-state index in [0.717, 1.165) is 22.1 Å². The molecule has 1 atom stereocenters. The summed E-state index contributed by atoms with van der Waals surface area (Å²) in [6.45, 7) is 3.03.